The van der Waals surface area contributed by atoms with Gasteiger partial charge in [-0.15, -0.1) is 0 Å². The predicted octanol–water partition coefficient (Wildman–Crippen LogP) is 5.94. The summed E-state index contributed by atoms with van der Waals surface area (Å²) in [5.74, 6) is 0.833. The van der Waals surface area contributed by atoms with Crippen LogP contribution in [0.4, 0.5) is 0 Å². The average Bonchev–Trinajstić information content (AvgIpc) is 2.65. The highest BCUT2D eigenvalue weighted by atomic mass is 16.5. The second-order valence-electron chi connectivity index (χ2n) is 6.62. The zero-order valence-corrected chi connectivity index (χ0v) is 16.0. The molecule has 0 amide bonds. The van der Waals surface area contributed by atoms with Crippen LogP contribution < -0.4 is 4.74 Å². The number of ether oxygens (including phenoxy) is 2. The van der Waals surface area contributed by atoms with E-state index in [9.17, 15) is 4.79 Å². The summed E-state index contributed by atoms with van der Waals surface area (Å²) < 4.78 is 10.9. The molecule has 0 bridgehead atoms. The maximum absolute atomic E-state index is 11.2. The normalized spacial score (nSPS) is 10.5. The van der Waals surface area contributed by atoms with E-state index in [0.717, 1.165) is 44.5 Å². The molecule has 0 aliphatic rings. The molecular formula is C23H30O3. The van der Waals surface area contributed by atoms with E-state index in [-0.39, 0.29) is 5.97 Å². The molecule has 0 aromatic heterocycles. The minimum Gasteiger partial charge on any atom is -0.494 e. The number of unbranched alkanes of at least 4 members (excludes halogenated alkanes) is 3. The van der Waals surface area contributed by atoms with Gasteiger partial charge in [0.25, 0.3) is 0 Å². The van der Waals surface area contributed by atoms with Crippen LogP contribution in [0, 0.1) is 6.92 Å². The van der Waals surface area contributed by atoms with Gasteiger partial charge < -0.3 is 9.47 Å². The van der Waals surface area contributed by atoms with Crippen molar-refractivity contribution in [3.8, 4) is 16.9 Å². The fourth-order valence-electron chi connectivity index (χ4n) is 2.70. The Labute approximate surface area is 157 Å². The predicted molar refractivity (Wildman–Crippen MR) is 106 cm³/mol. The Balaban J connectivity index is 1.58. The molecule has 2 aromatic carbocycles. The summed E-state index contributed by atoms with van der Waals surface area (Å²) in [5.41, 5.74) is 3.70. The van der Waals surface area contributed by atoms with Crippen LogP contribution in [-0.4, -0.2) is 19.2 Å². The van der Waals surface area contributed by atoms with Gasteiger partial charge in [-0.3, -0.25) is 4.79 Å². The Morgan fingerprint density at radius 2 is 1.38 bits per heavy atom. The van der Waals surface area contributed by atoms with Gasteiger partial charge in [0.15, 0.2) is 0 Å². The van der Waals surface area contributed by atoms with Gasteiger partial charge >= 0.3 is 5.97 Å². The lowest BCUT2D eigenvalue weighted by atomic mass is 10.0. The zero-order valence-electron chi connectivity index (χ0n) is 16.0. The summed E-state index contributed by atoms with van der Waals surface area (Å²) in [6, 6.07) is 16.8. The van der Waals surface area contributed by atoms with Crippen molar-refractivity contribution >= 4 is 5.97 Å². The monoisotopic (exact) mass is 354 g/mol. The maximum Gasteiger partial charge on any atom is 0.305 e. The molecule has 0 heterocycles. The largest absolute Gasteiger partial charge is 0.494 e. The summed E-state index contributed by atoms with van der Waals surface area (Å²) in [4.78, 5) is 11.2. The fourth-order valence-corrected chi connectivity index (χ4v) is 2.70. The highest BCUT2D eigenvalue weighted by Crippen LogP contribution is 2.22. The summed E-state index contributed by atoms with van der Waals surface area (Å²) in [6.45, 7) is 5.34. The van der Waals surface area contributed by atoms with Crippen molar-refractivity contribution in [3.05, 3.63) is 54.1 Å². The van der Waals surface area contributed by atoms with Crippen molar-refractivity contribution in [2.24, 2.45) is 0 Å². The van der Waals surface area contributed by atoms with E-state index in [4.69, 9.17) is 9.47 Å². The highest BCUT2D eigenvalue weighted by molar-refractivity contribution is 5.69. The van der Waals surface area contributed by atoms with Gasteiger partial charge in [-0.25, -0.2) is 0 Å². The quantitative estimate of drug-likeness (QED) is 0.370. The minimum atomic E-state index is -0.0788. The van der Waals surface area contributed by atoms with Gasteiger partial charge in [-0.05, 0) is 62.3 Å². The van der Waals surface area contributed by atoms with Gasteiger partial charge in [-0.2, -0.15) is 0 Å². The van der Waals surface area contributed by atoms with E-state index in [2.05, 4.69) is 43.3 Å². The van der Waals surface area contributed by atoms with E-state index in [1.807, 2.05) is 19.1 Å². The van der Waals surface area contributed by atoms with Crippen LogP contribution in [0.2, 0.25) is 0 Å². The Morgan fingerprint density at radius 1 is 0.808 bits per heavy atom. The van der Waals surface area contributed by atoms with Crippen molar-refractivity contribution in [3.63, 3.8) is 0 Å². The lowest BCUT2D eigenvalue weighted by molar-refractivity contribution is -0.143. The molecule has 0 saturated heterocycles. The highest BCUT2D eigenvalue weighted by Gasteiger charge is 2.01. The third-order valence-corrected chi connectivity index (χ3v) is 4.26. The van der Waals surface area contributed by atoms with Gasteiger partial charge in [0.1, 0.15) is 5.75 Å². The Bertz CT molecular complexity index is 644. The molecule has 0 fully saturated rings. The van der Waals surface area contributed by atoms with Gasteiger partial charge in [0.2, 0.25) is 0 Å². The molecule has 0 saturated carbocycles. The fraction of sp³-hybridized carbons (Fsp3) is 0.435. The molecule has 2 rings (SSSR count). The number of benzene rings is 2. The molecule has 3 nitrogen and oxygen atoms in total. The molecule has 0 unspecified atom stereocenters. The molecule has 3 heteroatoms. The first kappa shape index (κ1) is 20.0. The van der Waals surface area contributed by atoms with E-state index < -0.39 is 0 Å². The lowest BCUT2D eigenvalue weighted by Crippen LogP contribution is -2.05. The van der Waals surface area contributed by atoms with Crippen LogP contribution in [0.3, 0.4) is 0 Å². The second-order valence-corrected chi connectivity index (χ2v) is 6.62. The average molecular weight is 354 g/mol. The molecule has 0 aliphatic carbocycles. The molecular weight excluding hydrogens is 324 g/mol. The van der Waals surface area contributed by atoms with Crippen molar-refractivity contribution in [1.82, 2.24) is 0 Å². The van der Waals surface area contributed by atoms with Gasteiger partial charge in [0, 0.05) is 6.42 Å². The first-order valence-electron chi connectivity index (χ1n) is 9.64. The topological polar surface area (TPSA) is 35.5 Å². The number of carbonyl (C=O) groups is 1. The number of hydrogen-bond acceptors (Lipinski definition) is 3. The number of aryl methyl sites for hydroxylation is 1. The molecule has 0 atom stereocenters. The zero-order chi connectivity index (χ0) is 18.6. The Kier molecular flexibility index (Phi) is 8.74. The van der Waals surface area contributed by atoms with Gasteiger partial charge in [0.05, 0.1) is 13.2 Å². The van der Waals surface area contributed by atoms with Crippen LogP contribution in [0.1, 0.15) is 51.0 Å². The van der Waals surface area contributed by atoms with Crippen LogP contribution in [0.5, 0.6) is 5.75 Å². The molecule has 140 valence electrons. The summed E-state index contributed by atoms with van der Waals surface area (Å²) in [7, 11) is 0. The number of hydrogen-bond donors (Lipinski definition) is 0. The van der Waals surface area contributed by atoms with E-state index in [0.29, 0.717) is 13.0 Å². The van der Waals surface area contributed by atoms with Crippen LogP contribution in [0.25, 0.3) is 11.1 Å². The van der Waals surface area contributed by atoms with E-state index in [1.54, 1.807) is 0 Å². The van der Waals surface area contributed by atoms with Crippen molar-refractivity contribution in [2.75, 3.05) is 13.2 Å². The third kappa shape index (κ3) is 7.30. The van der Waals surface area contributed by atoms with Gasteiger partial charge in [-0.1, -0.05) is 48.9 Å². The molecule has 0 aliphatic heterocycles. The van der Waals surface area contributed by atoms with Crippen LogP contribution in [0.15, 0.2) is 48.5 Å². The first-order chi connectivity index (χ1) is 12.7. The molecule has 26 heavy (non-hydrogen) atoms. The van der Waals surface area contributed by atoms with Crippen molar-refractivity contribution in [2.45, 2.75) is 52.4 Å². The maximum atomic E-state index is 11.2. The summed E-state index contributed by atoms with van der Waals surface area (Å²) in [5, 5.41) is 0. The molecule has 0 radical (unpaired) electrons. The Hall–Kier alpha value is -2.29. The smallest absolute Gasteiger partial charge is 0.305 e. The van der Waals surface area contributed by atoms with E-state index >= 15 is 0 Å². The molecule has 0 spiro atoms. The second kappa shape index (κ2) is 11.3. The van der Waals surface area contributed by atoms with Crippen molar-refractivity contribution < 1.29 is 14.3 Å². The van der Waals surface area contributed by atoms with Crippen LogP contribution in [-0.2, 0) is 9.53 Å². The Morgan fingerprint density at radius 3 is 2.00 bits per heavy atom. The summed E-state index contributed by atoms with van der Waals surface area (Å²) >= 11 is 0. The molecule has 0 N–H and O–H groups in total. The number of carbonyl (C=O) groups excluding carboxylic acids is 1. The van der Waals surface area contributed by atoms with E-state index in [1.165, 1.54) is 16.7 Å². The molecule has 2 aromatic rings. The number of esters is 1. The lowest BCUT2D eigenvalue weighted by Gasteiger charge is -2.08. The first-order valence-corrected chi connectivity index (χ1v) is 9.64. The SMILES string of the molecule is CCCC(=O)OCCCCCCOc1ccc(-c2ccc(C)cc2)cc1. The third-order valence-electron chi connectivity index (χ3n) is 4.26. The minimum absolute atomic E-state index is 0.0788. The number of rotatable bonds is 11. The van der Waals surface area contributed by atoms with Crippen LogP contribution >= 0.6 is 0 Å². The van der Waals surface area contributed by atoms with Crippen molar-refractivity contribution in [1.29, 1.82) is 0 Å². The standard InChI is InChI=1S/C23H30O3/c1-3-8-23(24)26-18-7-5-4-6-17-25-22-15-13-21(14-16-22)20-11-9-19(2)10-12-20/h9-16H,3-8,17-18H2,1-2H3. The summed E-state index contributed by atoms with van der Waals surface area (Å²) in [6.07, 6.45) is 5.48.